The summed E-state index contributed by atoms with van der Waals surface area (Å²) in [5, 5.41) is 19.0. The molecule has 138 valence electrons. The van der Waals surface area contributed by atoms with Gasteiger partial charge in [0.15, 0.2) is 0 Å². The number of carbonyl (C=O) groups is 2. The van der Waals surface area contributed by atoms with Crippen molar-refractivity contribution in [1.29, 1.82) is 0 Å². The summed E-state index contributed by atoms with van der Waals surface area (Å²) >= 11 is 0. The number of carbonyl (C=O) groups excluding carboxylic acids is 1. The van der Waals surface area contributed by atoms with E-state index in [1.54, 1.807) is 4.68 Å². The smallest absolute Gasteiger partial charge is 0.315 e. The van der Waals surface area contributed by atoms with Crippen LogP contribution >= 0.6 is 0 Å². The number of nitrogens with zero attached hydrogens (tertiary/aromatic N) is 3. The molecule has 8 heteroatoms. The van der Waals surface area contributed by atoms with Crippen molar-refractivity contribution in [3.05, 3.63) is 48.0 Å². The molecule has 1 aromatic carbocycles. The first-order valence-corrected chi connectivity index (χ1v) is 8.82. The molecule has 2 heterocycles. The summed E-state index contributed by atoms with van der Waals surface area (Å²) in [6.45, 7) is 0.810. The van der Waals surface area contributed by atoms with Crippen molar-refractivity contribution in [2.75, 3.05) is 0 Å². The van der Waals surface area contributed by atoms with Crippen LogP contribution in [-0.2, 0) is 17.8 Å². The normalized spacial score (nSPS) is 17.2. The topological polar surface area (TPSA) is 109 Å². The molecule has 0 spiro atoms. The maximum absolute atomic E-state index is 12.5. The Morgan fingerprint density at radius 1 is 1.31 bits per heavy atom. The Morgan fingerprint density at radius 3 is 2.88 bits per heavy atom. The lowest BCUT2D eigenvalue weighted by atomic mass is 10.0. The number of fused-ring (bicyclic) bond motifs is 1. The average Bonchev–Trinajstić information content (AvgIpc) is 3.10. The number of hydrogen-bond donors (Lipinski definition) is 3. The molecule has 2 atom stereocenters. The zero-order valence-corrected chi connectivity index (χ0v) is 14.5. The van der Waals surface area contributed by atoms with Crippen LogP contribution in [0.25, 0.3) is 0 Å². The van der Waals surface area contributed by atoms with E-state index in [9.17, 15) is 9.59 Å². The van der Waals surface area contributed by atoms with Gasteiger partial charge in [-0.1, -0.05) is 30.3 Å². The van der Waals surface area contributed by atoms with Gasteiger partial charge >= 0.3 is 12.0 Å². The molecular formula is C18H23N5O3. The minimum Gasteiger partial charge on any atom is -0.481 e. The molecule has 2 amide bonds. The number of carboxylic acid groups (broad SMARTS) is 1. The van der Waals surface area contributed by atoms with Gasteiger partial charge in [0.25, 0.3) is 0 Å². The fourth-order valence-corrected chi connectivity index (χ4v) is 3.23. The van der Waals surface area contributed by atoms with E-state index in [0.717, 1.165) is 30.8 Å². The number of urea groups is 1. The molecule has 1 aliphatic heterocycles. The summed E-state index contributed by atoms with van der Waals surface area (Å²) in [5.74, 6) is -0.109. The minimum absolute atomic E-state index is 0.00946. The quantitative estimate of drug-likeness (QED) is 0.701. The summed E-state index contributed by atoms with van der Waals surface area (Å²) in [7, 11) is 0. The standard InChI is InChI=1S/C18H23N5O3/c24-16(25)9-8-14(11-13-5-2-1-3-6-13)21-18(26)22-15-7-4-10-23-17(15)19-12-20-23/h1-3,5-6,12,14-15H,4,7-11H2,(H,24,25)(H2,21,22,26). The van der Waals surface area contributed by atoms with E-state index in [4.69, 9.17) is 5.11 Å². The zero-order chi connectivity index (χ0) is 18.4. The van der Waals surface area contributed by atoms with Crippen LogP contribution < -0.4 is 10.6 Å². The summed E-state index contributed by atoms with van der Waals surface area (Å²) in [6.07, 6.45) is 4.20. The largest absolute Gasteiger partial charge is 0.481 e. The molecule has 3 rings (SSSR count). The van der Waals surface area contributed by atoms with Crippen LogP contribution in [0.2, 0.25) is 0 Å². The molecule has 0 saturated heterocycles. The molecule has 3 N–H and O–H groups in total. The molecule has 0 saturated carbocycles. The Morgan fingerprint density at radius 2 is 2.12 bits per heavy atom. The van der Waals surface area contributed by atoms with Crippen molar-refractivity contribution in [3.8, 4) is 0 Å². The first kappa shape index (κ1) is 17.9. The van der Waals surface area contributed by atoms with Crippen LogP contribution in [0.15, 0.2) is 36.7 Å². The first-order valence-electron chi connectivity index (χ1n) is 8.82. The number of benzene rings is 1. The van der Waals surface area contributed by atoms with Gasteiger partial charge in [-0.15, -0.1) is 0 Å². The van der Waals surface area contributed by atoms with Gasteiger partial charge in [0.05, 0.1) is 6.04 Å². The molecule has 0 aliphatic carbocycles. The van der Waals surface area contributed by atoms with E-state index in [0.29, 0.717) is 12.8 Å². The molecule has 0 radical (unpaired) electrons. The highest BCUT2D eigenvalue weighted by molar-refractivity contribution is 5.75. The number of aliphatic carboxylic acids is 1. The Kier molecular flexibility index (Phi) is 5.83. The van der Waals surface area contributed by atoms with Gasteiger partial charge in [0.1, 0.15) is 12.2 Å². The van der Waals surface area contributed by atoms with Crippen LogP contribution in [-0.4, -0.2) is 37.9 Å². The third kappa shape index (κ3) is 4.81. The number of nitrogens with one attached hydrogen (secondary N) is 2. The van der Waals surface area contributed by atoms with Crippen molar-refractivity contribution < 1.29 is 14.7 Å². The van der Waals surface area contributed by atoms with E-state index in [-0.39, 0.29) is 24.5 Å². The number of hydrogen-bond acceptors (Lipinski definition) is 4. The molecule has 0 fully saturated rings. The predicted molar refractivity (Wildman–Crippen MR) is 94.5 cm³/mol. The summed E-state index contributed by atoms with van der Waals surface area (Å²) < 4.78 is 1.81. The average molecular weight is 357 g/mol. The van der Waals surface area contributed by atoms with Gasteiger partial charge < -0.3 is 15.7 Å². The van der Waals surface area contributed by atoms with Gasteiger partial charge in [-0.3, -0.25) is 4.79 Å². The zero-order valence-electron chi connectivity index (χ0n) is 14.5. The highest BCUT2D eigenvalue weighted by atomic mass is 16.4. The van der Waals surface area contributed by atoms with Crippen molar-refractivity contribution in [2.45, 2.75) is 50.7 Å². The van der Waals surface area contributed by atoms with Crippen LogP contribution in [0, 0.1) is 0 Å². The van der Waals surface area contributed by atoms with E-state index >= 15 is 0 Å². The van der Waals surface area contributed by atoms with Crippen molar-refractivity contribution in [2.24, 2.45) is 0 Å². The number of carboxylic acids is 1. The molecule has 1 aliphatic rings. The first-order chi connectivity index (χ1) is 12.6. The molecule has 1 aromatic heterocycles. The van der Waals surface area contributed by atoms with Crippen molar-refractivity contribution in [3.63, 3.8) is 0 Å². The number of rotatable bonds is 7. The Balaban J connectivity index is 1.60. The molecule has 0 bridgehead atoms. The fourth-order valence-electron chi connectivity index (χ4n) is 3.23. The maximum atomic E-state index is 12.5. The van der Waals surface area contributed by atoms with Crippen LogP contribution in [0.5, 0.6) is 0 Å². The molecule has 8 nitrogen and oxygen atoms in total. The summed E-state index contributed by atoms with van der Waals surface area (Å²) in [4.78, 5) is 27.6. The fraction of sp³-hybridized carbons (Fsp3) is 0.444. The third-order valence-electron chi connectivity index (χ3n) is 4.49. The molecule has 2 unspecified atom stereocenters. The van der Waals surface area contributed by atoms with Crippen molar-refractivity contribution >= 4 is 12.0 Å². The summed E-state index contributed by atoms with van der Waals surface area (Å²) in [6, 6.07) is 8.98. The van der Waals surface area contributed by atoms with Gasteiger partial charge in [-0.05, 0) is 31.2 Å². The van der Waals surface area contributed by atoms with E-state index in [1.807, 2.05) is 30.3 Å². The van der Waals surface area contributed by atoms with Crippen molar-refractivity contribution in [1.82, 2.24) is 25.4 Å². The monoisotopic (exact) mass is 357 g/mol. The lowest BCUT2D eigenvalue weighted by Gasteiger charge is -2.25. The van der Waals surface area contributed by atoms with Gasteiger partial charge in [0, 0.05) is 19.0 Å². The number of aryl methyl sites for hydroxylation is 1. The summed E-state index contributed by atoms with van der Waals surface area (Å²) in [5.41, 5.74) is 1.06. The van der Waals surface area contributed by atoms with E-state index in [1.165, 1.54) is 6.33 Å². The lowest BCUT2D eigenvalue weighted by molar-refractivity contribution is -0.137. The molecule has 26 heavy (non-hydrogen) atoms. The Bertz CT molecular complexity index is 746. The highest BCUT2D eigenvalue weighted by Gasteiger charge is 2.25. The second kappa shape index (κ2) is 8.46. The Hall–Kier alpha value is -2.90. The van der Waals surface area contributed by atoms with Crippen LogP contribution in [0.3, 0.4) is 0 Å². The molecular weight excluding hydrogens is 334 g/mol. The third-order valence-corrected chi connectivity index (χ3v) is 4.49. The minimum atomic E-state index is -0.870. The maximum Gasteiger partial charge on any atom is 0.315 e. The van der Waals surface area contributed by atoms with Gasteiger partial charge in [-0.2, -0.15) is 5.10 Å². The molecule has 2 aromatic rings. The Labute approximate surface area is 151 Å². The van der Waals surface area contributed by atoms with E-state index < -0.39 is 5.97 Å². The van der Waals surface area contributed by atoms with Crippen LogP contribution in [0.1, 0.15) is 43.1 Å². The second-order valence-corrected chi connectivity index (χ2v) is 6.47. The van der Waals surface area contributed by atoms with Crippen LogP contribution in [0.4, 0.5) is 4.79 Å². The van der Waals surface area contributed by atoms with Gasteiger partial charge in [-0.25, -0.2) is 14.5 Å². The number of amides is 2. The number of aromatic nitrogens is 3. The second-order valence-electron chi connectivity index (χ2n) is 6.47. The SMILES string of the molecule is O=C(O)CCC(Cc1ccccc1)NC(=O)NC1CCCn2ncnc21. The van der Waals surface area contributed by atoms with E-state index in [2.05, 4.69) is 20.7 Å². The predicted octanol–water partition coefficient (Wildman–Crippen LogP) is 1.89. The lowest BCUT2D eigenvalue weighted by Crippen LogP contribution is -2.45. The van der Waals surface area contributed by atoms with Gasteiger partial charge in [0.2, 0.25) is 0 Å². The highest BCUT2D eigenvalue weighted by Crippen LogP contribution is 2.21.